The first-order valence-corrected chi connectivity index (χ1v) is 9.35. The third-order valence-corrected chi connectivity index (χ3v) is 6.22. The topological polar surface area (TPSA) is 63.2 Å². The molecule has 0 spiro atoms. The summed E-state index contributed by atoms with van der Waals surface area (Å²) in [6.45, 7) is -0.000936. The van der Waals surface area contributed by atoms with Gasteiger partial charge in [0.1, 0.15) is 11.1 Å². The van der Waals surface area contributed by atoms with Crippen LogP contribution in [-0.2, 0) is 14.6 Å². The van der Waals surface area contributed by atoms with Crippen LogP contribution < -0.4 is 5.32 Å². The van der Waals surface area contributed by atoms with Crippen LogP contribution in [0.5, 0.6) is 0 Å². The molecule has 0 aromatic heterocycles. The standard InChI is InChI=1S/C18H18FNO3S/c19-15-8-10-16(11-9-15)24(22,23)17(13-4-2-1-3-5-13)12-20-18(21)14-6-7-14/h1-5,8-11,14,17H,6-7,12H2,(H,20,21). The molecule has 1 aliphatic carbocycles. The molecular weight excluding hydrogens is 329 g/mol. The minimum absolute atomic E-state index is 0.000936. The highest BCUT2D eigenvalue weighted by Crippen LogP contribution is 2.31. The lowest BCUT2D eigenvalue weighted by Crippen LogP contribution is -2.32. The first-order chi connectivity index (χ1) is 11.5. The number of rotatable bonds is 6. The van der Waals surface area contributed by atoms with Crippen LogP contribution in [0.25, 0.3) is 0 Å². The van der Waals surface area contributed by atoms with E-state index in [2.05, 4.69) is 5.32 Å². The summed E-state index contributed by atoms with van der Waals surface area (Å²) < 4.78 is 39.0. The molecule has 1 unspecified atom stereocenters. The zero-order chi connectivity index (χ0) is 17.2. The van der Waals surface area contributed by atoms with Gasteiger partial charge in [-0.25, -0.2) is 12.8 Å². The molecule has 6 heteroatoms. The van der Waals surface area contributed by atoms with Crippen molar-refractivity contribution >= 4 is 15.7 Å². The molecule has 0 aliphatic heterocycles. The first kappa shape index (κ1) is 16.6. The van der Waals surface area contributed by atoms with Gasteiger partial charge in [0.05, 0.1) is 4.90 Å². The van der Waals surface area contributed by atoms with Gasteiger partial charge in [0.25, 0.3) is 0 Å². The Morgan fingerprint density at radius 2 is 1.71 bits per heavy atom. The van der Waals surface area contributed by atoms with Gasteiger partial charge in [-0.05, 0) is 42.7 Å². The number of sulfone groups is 1. The fourth-order valence-corrected chi connectivity index (χ4v) is 4.21. The van der Waals surface area contributed by atoms with Crippen molar-refractivity contribution in [1.29, 1.82) is 0 Å². The van der Waals surface area contributed by atoms with Crippen LogP contribution in [0, 0.1) is 11.7 Å². The van der Waals surface area contributed by atoms with Crippen molar-refractivity contribution < 1.29 is 17.6 Å². The maximum Gasteiger partial charge on any atom is 0.223 e. The van der Waals surface area contributed by atoms with Gasteiger partial charge >= 0.3 is 0 Å². The smallest absolute Gasteiger partial charge is 0.223 e. The molecule has 2 aromatic carbocycles. The van der Waals surface area contributed by atoms with Gasteiger partial charge in [0.15, 0.2) is 9.84 Å². The van der Waals surface area contributed by atoms with E-state index in [0.717, 1.165) is 25.0 Å². The molecular formula is C18H18FNO3S. The second-order valence-corrected chi connectivity index (χ2v) is 8.05. The van der Waals surface area contributed by atoms with Crippen molar-refractivity contribution in [2.75, 3.05) is 6.54 Å². The average molecular weight is 347 g/mol. The second-order valence-electron chi connectivity index (χ2n) is 5.92. The largest absolute Gasteiger partial charge is 0.354 e. The van der Waals surface area contributed by atoms with E-state index < -0.39 is 20.9 Å². The summed E-state index contributed by atoms with van der Waals surface area (Å²) in [5, 5.41) is 1.83. The van der Waals surface area contributed by atoms with E-state index in [1.54, 1.807) is 30.3 Å². The fraction of sp³-hybridized carbons (Fsp3) is 0.278. The van der Waals surface area contributed by atoms with Crippen molar-refractivity contribution in [2.45, 2.75) is 23.0 Å². The van der Waals surface area contributed by atoms with Gasteiger partial charge in [-0.15, -0.1) is 0 Å². The van der Waals surface area contributed by atoms with Gasteiger partial charge in [-0.2, -0.15) is 0 Å². The Hall–Kier alpha value is -2.21. The van der Waals surface area contributed by atoms with E-state index >= 15 is 0 Å². The molecule has 4 nitrogen and oxygen atoms in total. The van der Waals surface area contributed by atoms with Crippen molar-refractivity contribution in [3.8, 4) is 0 Å². The highest BCUT2D eigenvalue weighted by Gasteiger charge is 2.33. The van der Waals surface area contributed by atoms with E-state index in [9.17, 15) is 17.6 Å². The van der Waals surface area contributed by atoms with Crippen LogP contribution >= 0.6 is 0 Å². The quantitative estimate of drug-likeness (QED) is 0.817. The van der Waals surface area contributed by atoms with Crippen LogP contribution in [-0.4, -0.2) is 20.9 Å². The molecule has 2 aromatic rings. The van der Waals surface area contributed by atoms with Gasteiger partial charge < -0.3 is 5.32 Å². The van der Waals surface area contributed by atoms with Gasteiger partial charge in [0.2, 0.25) is 5.91 Å². The molecule has 1 atom stereocenters. The summed E-state index contributed by atoms with van der Waals surface area (Å²) >= 11 is 0. The summed E-state index contributed by atoms with van der Waals surface area (Å²) in [5.41, 5.74) is 0.595. The van der Waals surface area contributed by atoms with Crippen LogP contribution in [0.3, 0.4) is 0 Å². The number of hydrogen-bond donors (Lipinski definition) is 1. The van der Waals surface area contributed by atoms with Crippen LogP contribution in [0.4, 0.5) is 4.39 Å². The predicted octanol–water partition coefficient (Wildman–Crippen LogP) is 2.87. The Labute approximate surface area is 140 Å². The monoisotopic (exact) mass is 347 g/mol. The fourth-order valence-electron chi connectivity index (χ4n) is 2.55. The van der Waals surface area contributed by atoms with Gasteiger partial charge in [-0.3, -0.25) is 4.79 Å². The van der Waals surface area contributed by atoms with E-state index in [1.165, 1.54) is 12.1 Å². The predicted molar refractivity (Wildman–Crippen MR) is 88.5 cm³/mol. The number of nitrogens with one attached hydrogen (secondary N) is 1. The summed E-state index contributed by atoms with van der Waals surface area (Å²) in [7, 11) is -3.75. The van der Waals surface area contributed by atoms with Gasteiger partial charge in [-0.1, -0.05) is 30.3 Å². The molecule has 0 saturated heterocycles. The van der Waals surface area contributed by atoms with Crippen LogP contribution in [0.2, 0.25) is 0 Å². The maximum atomic E-state index is 13.1. The number of hydrogen-bond acceptors (Lipinski definition) is 3. The Kier molecular flexibility index (Phi) is 4.66. The molecule has 0 heterocycles. The Morgan fingerprint density at radius 1 is 1.08 bits per heavy atom. The SMILES string of the molecule is O=C(NCC(c1ccccc1)S(=O)(=O)c1ccc(F)cc1)C1CC1. The third kappa shape index (κ3) is 3.64. The first-order valence-electron chi connectivity index (χ1n) is 7.80. The Morgan fingerprint density at radius 3 is 2.29 bits per heavy atom. The molecule has 1 amide bonds. The zero-order valence-corrected chi connectivity index (χ0v) is 13.8. The maximum absolute atomic E-state index is 13.1. The number of amides is 1. The van der Waals surface area contributed by atoms with Crippen molar-refractivity contribution in [2.24, 2.45) is 5.92 Å². The molecule has 24 heavy (non-hydrogen) atoms. The lowest BCUT2D eigenvalue weighted by Gasteiger charge is -2.19. The minimum Gasteiger partial charge on any atom is -0.354 e. The van der Waals surface area contributed by atoms with Crippen molar-refractivity contribution in [3.05, 3.63) is 66.0 Å². The summed E-state index contributed by atoms with van der Waals surface area (Å²) in [4.78, 5) is 11.9. The second kappa shape index (κ2) is 6.73. The van der Waals surface area contributed by atoms with Gasteiger partial charge in [0, 0.05) is 12.5 Å². The number of halogens is 1. The summed E-state index contributed by atoms with van der Waals surface area (Å²) in [6.07, 6.45) is 1.71. The summed E-state index contributed by atoms with van der Waals surface area (Å²) in [5.74, 6) is -0.590. The Bertz CT molecular complexity index is 815. The van der Waals surface area contributed by atoms with E-state index in [0.29, 0.717) is 5.56 Å². The number of benzene rings is 2. The molecule has 1 aliphatic rings. The average Bonchev–Trinajstić information content (AvgIpc) is 3.41. The molecule has 1 fully saturated rings. The highest BCUT2D eigenvalue weighted by molar-refractivity contribution is 7.91. The van der Waals surface area contributed by atoms with Crippen molar-refractivity contribution in [1.82, 2.24) is 5.32 Å². The molecule has 126 valence electrons. The van der Waals surface area contributed by atoms with E-state index in [1.807, 2.05) is 0 Å². The van der Waals surface area contributed by atoms with Crippen molar-refractivity contribution in [3.63, 3.8) is 0 Å². The van der Waals surface area contributed by atoms with Crippen LogP contribution in [0.1, 0.15) is 23.7 Å². The normalized spacial score (nSPS) is 15.7. The van der Waals surface area contributed by atoms with E-state index in [4.69, 9.17) is 0 Å². The van der Waals surface area contributed by atoms with Crippen LogP contribution in [0.15, 0.2) is 59.5 Å². The molecule has 3 rings (SSSR count). The molecule has 1 N–H and O–H groups in total. The number of carbonyl (C=O) groups is 1. The molecule has 0 bridgehead atoms. The summed E-state index contributed by atoms with van der Waals surface area (Å²) in [6, 6.07) is 13.5. The molecule has 1 saturated carbocycles. The Balaban J connectivity index is 1.90. The zero-order valence-electron chi connectivity index (χ0n) is 13.0. The molecule has 0 radical (unpaired) electrons. The lowest BCUT2D eigenvalue weighted by molar-refractivity contribution is -0.122. The third-order valence-electron chi connectivity index (χ3n) is 4.10. The van der Waals surface area contributed by atoms with E-state index in [-0.39, 0.29) is 23.3 Å². The number of carbonyl (C=O) groups excluding carboxylic acids is 1. The highest BCUT2D eigenvalue weighted by atomic mass is 32.2. The lowest BCUT2D eigenvalue weighted by atomic mass is 10.1. The minimum atomic E-state index is -3.75.